The van der Waals surface area contributed by atoms with E-state index in [1.165, 1.54) is 10.9 Å². The van der Waals surface area contributed by atoms with Gasteiger partial charge >= 0.3 is 0 Å². The number of aromatic amines is 1. The van der Waals surface area contributed by atoms with Crippen LogP contribution in [0.4, 0.5) is 5.95 Å². The number of aromatic nitrogens is 4. The highest BCUT2D eigenvalue weighted by molar-refractivity contribution is 5.71. The first-order chi connectivity index (χ1) is 10.4. The fourth-order valence-electron chi connectivity index (χ4n) is 2.42. The normalized spacial score (nSPS) is 28.4. The van der Waals surface area contributed by atoms with Gasteiger partial charge in [-0.25, -0.2) is 4.98 Å². The summed E-state index contributed by atoms with van der Waals surface area (Å²) in [6.45, 7) is -0.432. The SMILES string of the molecule is CN(C)c1nc2c(ncn2[C@@H]2O[C@H](CO)C(O)[C@@H]2O)c(=O)[nH]1. The van der Waals surface area contributed by atoms with Gasteiger partial charge in [-0.3, -0.25) is 14.3 Å². The molecule has 1 fully saturated rings. The maximum atomic E-state index is 12.0. The highest BCUT2D eigenvalue weighted by Gasteiger charge is 2.44. The number of aliphatic hydroxyl groups excluding tert-OH is 3. The van der Waals surface area contributed by atoms with Gasteiger partial charge in [0.15, 0.2) is 17.4 Å². The quantitative estimate of drug-likeness (QED) is 0.501. The van der Waals surface area contributed by atoms with E-state index in [4.69, 9.17) is 9.84 Å². The minimum absolute atomic E-state index is 0.100. The maximum absolute atomic E-state index is 12.0. The van der Waals surface area contributed by atoms with E-state index in [2.05, 4.69) is 15.0 Å². The first-order valence-corrected chi connectivity index (χ1v) is 6.70. The van der Waals surface area contributed by atoms with Gasteiger partial charge < -0.3 is 25.0 Å². The molecule has 1 aliphatic rings. The van der Waals surface area contributed by atoms with Crippen LogP contribution in [0.25, 0.3) is 11.2 Å². The van der Waals surface area contributed by atoms with Crippen molar-refractivity contribution in [1.82, 2.24) is 19.5 Å². The fraction of sp³-hybridized carbons (Fsp3) is 0.583. The largest absolute Gasteiger partial charge is 0.394 e. The smallest absolute Gasteiger partial charge is 0.280 e. The molecule has 1 unspecified atom stereocenters. The number of aliphatic hydroxyl groups is 3. The Balaban J connectivity index is 2.10. The minimum atomic E-state index is -1.27. The lowest BCUT2D eigenvalue weighted by Gasteiger charge is -2.17. The predicted octanol–water partition coefficient (Wildman–Crippen LogP) is -2.20. The lowest BCUT2D eigenvalue weighted by molar-refractivity contribution is -0.0511. The number of hydrogen-bond acceptors (Lipinski definition) is 8. The van der Waals surface area contributed by atoms with Crippen LogP contribution in [0.5, 0.6) is 0 Å². The minimum Gasteiger partial charge on any atom is -0.394 e. The van der Waals surface area contributed by atoms with Crippen molar-refractivity contribution in [1.29, 1.82) is 0 Å². The van der Waals surface area contributed by atoms with E-state index in [0.29, 0.717) is 5.95 Å². The van der Waals surface area contributed by atoms with E-state index in [1.807, 2.05) is 0 Å². The van der Waals surface area contributed by atoms with Crippen LogP contribution in [-0.4, -0.2) is 73.9 Å². The first-order valence-electron chi connectivity index (χ1n) is 6.70. The zero-order chi connectivity index (χ0) is 16.0. The van der Waals surface area contributed by atoms with Gasteiger partial charge in [-0.05, 0) is 0 Å². The van der Waals surface area contributed by atoms with Crippen molar-refractivity contribution < 1.29 is 20.1 Å². The summed E-state index contributed by atoms with van der Waals surface area (Å²) in [4.78, 5) is 24.5. The molecule has 4 atom stereocenters. The van der Waals surface area contributed by atoms with E-state index >= 15 is 0 Å². The summed E-state index contributed by atoms with van der Waals surface area (Å²) in [5.74, 6) is 0.325. The Morgan fingerprint density at radius 3 is 2.73 bits per heavy atom. The number of fused-ring (bicyclic) bond motifs is 1. The second-order valence-corrected chi connectivity index (χ2v) is 5.34. The van der Waals surface area contributed by atoms with Gasteiger partial charge in [0, 0.05) is 14.1 Å². The van der Waals surface area contributed by atoms with Crippen molar-refractivity contribution in [3.05, 3.63) is 16.7 Å². The lowest BCUT2D eigenvalue weighted by atomic mass is 10.1. The Kier molecular flexibility index (Phi) is 3.60. The van der Waals surface area contributed by atoms with Gasteiger partial charge in [0.25, 0.3) is 5.56 Å². The molecule has 1 aliphatic heterocycles. The average molecular weight is 311 g/mol. The van der Waals surface area contributed by atoms with Crippen LogP contribution >= 0.6 is 0 Å². The van der Waals surface area contributed by atoms with Crippen molar-refractivity contribution in [3.8, 4) is 0 Å². The summed E-state index contributed by atoms with van der Waals surface area (Å²) in [6, 6.07) is 0. The third-order valence-corrected chi connectivity index (χ3v) is 3.63. The van der Waals surface area contributed by atoms with Gasteiger partial charge in [0.1, 0.15) is 18.3 Å². The highest BCUT2D eigenvalue weighted by Crippen LogP contribution is 2.30. The molecule has 0 amide bonds. The highest BCUT2D eigenvalue weighted by atomic mass is 16.6. The van der Waals surface area contributed by atoms with Crippen molar-refractivity contribution in [2.45, 2.75) is 24.5 Å². The topological polar surface area (TPSA) is 137 Å². The molecule has 0 aliphatic carbocycles. The molecule has 0 spiro atoms. The predicted molar refractivity (Wildman–Crippen MR) is 75.5 cm³/mol. The number of H-pyrrole nitrogens is 1. The summed E-state index contributed by atoms with van der Waals surface area (Å²) in [5, 5.41) is 29.1. The number of anilines is 1. The number of ether oxygens (including phenoxy) is 1. The van der Waals surface area contributed by atoms with Crippen molar-refractivity contribution in [3.63, 3.8) is 0 Å². The standard InChI is InChI=1S/C12H17N5O5/c1-16(2)12-14-9-6(10(21)15-12)13-4-17(9)11-8(20)7(19)5(3-18)22-11/h4-5,7-8,11,18-20H,3H2,1-2H3,(H,14,15,21)/t5-,7?,8+,11-/m1/s1. The Morgan fingerprint density at radius 2 is 2.14 bits per heavy atom. The molecule has 1 saturated heterocycles. The Morgan fingerprint density at radius 1 is 1.41 bits per heavy atom. The van der Waals surface area contributed by atoms with E-state index < -0.39 is 36.7 Å². The molecule has 0 radical (unpaired) electrons. The summed E-state index contributed by atoms with van der Waals surface area (Å²) in [6.07, 6.45) is -3.08. The van der Waals surface area contributed by atoms with E-state index in [0.717, 1.165) is 0 Å². The lowest BCUT2D eigenvalue weighted by Crippen LogP contribution is -2.33. The van der Waals surface area contributed by atoms with Crippen LogP contribution in [0.2, 0.25) is 0 Å². The number of hydrogen-bond donors (Lipinski definition) is 4. The van der Waals surface area contributed by atoms with Gasteiger partial charge in [0.05, 0.1) is 12.9 Å². The third-order valence-electron chi connectivity index (χ3n) is 3.63. The monoisotopic (exact) mass is 311 g/mol. The average Bonchev–Trinajstić information content (AvgIpc) is 3.02. The van der Waals surface area contributed by atoms with Crippen LogP contribution in [0, 0.1) is 0 Å². The van der Waals surface area contributed by atoms with Crippen LogP contribution in [0.3, 0.4) is 0 Å². The zero-order valence-electron chi connectivity index (χ0n) is 12.0. The van der Waals surface area contributed by atoms with Crippen LogP contribution in [-0.2, 0) is 4.74 Å². The number of rotatable bonds is 3. The Labute approximate surface area is 124 Å². The molecule has 120 valence electrons. The molecule has 0 bridgehead atoms. The first kappa shape index (κ1) is 14.9. The third kappa shape index (κ3) is 2.16. The summed E-state index contributed by atoms with van der Waals surface area (Å²) < 4.78 is 6.81. The molecule has 10 heteroatoms. The summed E-state index contributed by atoms with van der Waals surface area (Å²) >= 11 is 0. The molecule has 3 heterocycles. The van der Waals surface area contributed by atoms with Gasteiger partial charge in [-0.1, -0.05) is 0 Å². The van der Waals surface area contributed by atoms with Crippen molar-refractivity contribution in [2.24, 2.45) is 0 Å². The molecule has 0 saturated carbocycles. The van der Waals surface area contributed by atoms with Crippen LogP contribution < -0.4 is 10.5 Å². The number of nitrogens with zero attached hydrogens (tertiary/aromatic N) is 4. The molecule has 2 aromatic rings. The molecule has 4 N–H and O–H groups in total. The molecular formula is C12H17N5O5. The summed E-state index contributed by atoms with van der Waals surface area (Å²) in [7, 11) is 3.44. The second kappa shape index (κ2) is 5.32. The van der Waals surface area contributed by atoms with E-state index in [1.54, 1.807) is 19.0 Å². The van der Waals surface area contributed by atoms with Crippen LogP contribution in [0.15, 0.2) is 11.1 Å². The van der Waals surface area contributed by atoms with Crippen molar-refractivity contribution in [2.75, 3.05) is 25.6 Å². The van der Waals surface area contributed by atoms with Gasteiger partial charge in [-0.2, -0.15) is 4.98 Å². The van der Waals surface area contributed by atoms with E-state index in [9.17, 15) is 15.0 Å². The maximum Gasteiger partial charge on any atom is 0.280 e. The molecule has 10 nitrogen and oxygen atoms in total. The van der Waals surface area contributed by atoms with Gasteiger partial charge in [-0.15, -0.1) is 0 Å². The molecular weight excluding hydrogens is 294 g/mol. The Bertz CT molecular complexity index is 741. The molecule has 0 aromatic carbocycles. The molecule has 22 heavy (non-hydrogen) atoms. The van der Waals surface area contributed by atoms with E-state index in [-0.39, 0.29) is 11.2 Å². The summed E-state index contributed by atoms with van der Waals surface area (Å²) in [5.41, 5.74) is -0.0928. The fourth-order valence-corrected chi connectivity index (χ4v) is 2.42. The number of imidazole rings is 1. The van der Waals surface area contributed by atoms with Crippen LogP contribution in [0.1, 0.15) is 6.23 Å². The second-order valence-electron chi connectivity index (χ2n) is 5.34. The molecule has 2 aromatic heterocycles. The number of nitrogens with one attached hydrogen (secondary N) is 1. The van der Waals surface area contributed by atoms with Crippen molar-refractivity contribution >= 4 is 17.1 Å². The zero-order valence-corrected chi connectivity index (χ0v) is 12.0. The Hall–Kier alpha value is -2.01. The molecule has 3 rings (SSSR count). The van der Waals surface area contributed by atoms with Gasteiger partial charge in [0.2, 0.25) is 5.95 Å².